The predicted octanol–water partition coefficient (Wildman–Crippen LogP) is 19.1. The van der Waals surface area contributed by atoms with Crippen molar-refractivity contribution in [1.82, 2.24) is 0 Å². The van der Waals surface area contributed by atoms with Crippen molar-refractivity contribution in [2.24, 2.45) is 0 Å². The SMILES string of the molecule is CCCCCCCCCCCCCCCCCCCCCCCCc1cccc(S(=O)(=O)[O-])c1.CCCCCCCCCCCCCCCCCCCCCCCCc1cccc(S(=O)(=O)[O-])c1.[Ba+2]. The number of aryl methyl sites for hydroxylation is 2. The normalized spacial score (nSPS) is 11.7. The first kappa shape index (κ1) is 68.8. The molecule has 0 aliphatic heterocycles. The maximum atomic E-state index is 11.1. The molecule has 2 aromatic carbocycles. The minimum Gasteiger partial charge on any atom is -0.744 e. The zero-order chi connectivity index (χ0) is 49.5. The van der Waals surface area contributed by atoms with Crippen molar-refractivity contribution in [3.8, 4) is 0 Å². The molecule has 0 heterocycles. The minimum absolute atomic E-state index is 0. The maximum absolute atomic E-state index is 11.1. The van der Waals surface area contributed by atoms with Crippen LogP contribution >= 0.6 is 0 Å². The van der Waals surface area contributed by atoms with Gasteiger partial charge in [0.05, 0.1) is 9.79 Å². The summed E-state index contributed by atoms with van der Waals surface area (Å²) in [6, 6.07) is 13.0. The van der Waals surface area contributed by atoms with Crippen molar-refractivity contribution in [1.29, 1.82) is 0 Å². The predicted molar refractivity (Wildman–Crippen MR) is 296 cm³/mol. The van der Waals surface area contributed by atoms with Gasteiger partial charge >= 0.3 is 48.9 Å². The smallest absolute Gasteiger partial charge is 0.744 e. The third-order valence-corrected chi connectivity index (χ3v) is 15.7. The van der Waals surface area contributed by atoms with E-state index in [1.54, 1.807) is 12.1 Å². The standard InChI is InChI=1S/2C30H54O3S.Ba/c2*1-2-3-4-5-6-7-8-9-10-11-12-13-14-15-16-17-18-19-20-21-22-23-25-29-26-24-27-30(28-29)34(31,32)33;/h2*24,26-28H,2-23,25H2,1H3,(H,31,32,33);/q;;+2/p-2. The summed E-state index contributed by atoms with van der Waals surface area (Å²) in [4.78, 5) is -0.215. The largest absolute Gasteiger partial charge is 2.00 e. The molecule has 9 heteroatoms. The molecule has 0 radical (unpaired) electrons. The van der Waals surface area contributed by atoms with Gasteiger partial charge in [-0.25, -0.2) is 16.8 Å². The molecule has 396 valence electrons. The van der Waals surface area contributed by atoms with Crippen molar-refractivity contribution in [3.05, 3.63) is 59.7 Å². The average Bonchev–Trinajstić information content (AvgIpc) is 3.32. The molecule has 0 saturated carbocycles. The van der Waals surface area contributed by atoms with E-state index in [0.717, 1.165) is 36.8 Å². The Balaban J connectivity index is 0.00000132. The van der Waals surface area contributed by atoms with E-state index in [1.165, 1.54) is 294 Å². The Kier molecular flexibility index (Phi) is 49.9. The van der Waals surface area contributed by atoms with E-state index in [-0.39, 0.29) is 58.7 Å². The Hall–Kier alpha value is -0.169. The van der Waals surface area contributed by atoms with Gasteiger partial charge in [0.25, 0.3) is 0 Å². The topological polar surface area (TPSA) is 114 Å². The van der Waals surface area contributed by atoms with E-state index >= 15 is 0 Å². The van der Waals surface area contributed by atoms with Crippen LogP contribution in [0.4, 0.5) is 0 Å². The van der Waals surface area contributed by atoms with E-state index in [9.17, 15) is 25.9 Å². The molecule has 69 heavy (non-hydrogen) atoms. The Bertz CT molecular complexity index is 1500. The average molecular weight is 1120 g/mol. The second kappa shape index (κ2) is 50.0. The minimum atomic E-state index is -4.34. The fourth-order valence-electron chi connectivity index (χ4n) is 9.59. The first-order valence-electron chi connectivity index (χ1n) is 29.2. The second-order valence-corrected chi connectivity index (χ2v) is 23.3. The number of rotatable bonds is 48. The zero-order valence-corrected chi connectivity index (χ0v) is 51.2. The van der Waals surface area contributed by atoms with Gasteiger partial charge in [0.15, 0.2) is 0 Å². The molecule has 0 N–H and O–H groups in total. The van der Waals surface area contributed by atoms with Gasteiger partial charge in [-0.3, -0.25) is 0 Å². The number of hydrogen-bond acceptors (Lipinski definition) is 6. The molecular formula is C60H106BaO6S2. The molecule has 0 unspecified atom stereocenters. The summed E-state index contributed by atoms with van der Waals surface area (Å²) in [6.45, 7) is 4.57. The van der Waals surface area contributed by atoms with E-state index in [2.05, 4.69) is 13.8 Å². The van der Waals surface area contributed by atoms with Gasteiger partial charge in [0.1, 0.15) is 20.2 Å². The van der Waals surface area contributed by atoms with E-state index in [4.69, 9.17) is 0 Å². The van der Waals surface area contributed by atoms with Gasteiger partial charge in [0, 0.05) is 0 Å². The summed E-state index contributed by atoms with van der Waals surface area (Å²) in [5.74, 6) is 0. The van der Waals surface area contributed by atoms with Crippen molar-refractivity contribution < 1.29 is 25.9 Å². The molecule has 6 nitrogen and oxygen atoms in total. The van der Waals surface area contributed by atoms with E-state index < -0.39 is 20.2 Å². The Morgan fingerprint density at radius 3 is 0.638 bits per heavy atom. The van der Waals surface area contributed by atoms with Crippen molar-refractivity contribution in [2.45, 2.75) is 319 Å². The summed E-state index contributed by atoms with van der Waals surface area (Å²) in [6.07, 6.45) is 62.4. The third kappa shape index (κ3) is 46.1. The first-order valence-corrected chi connectivity index (χ1v) is 32.0. The van der Waals surface area contributed by atoms with Crippen LogP contribution < -0.4 is 0 Å². The molecule has 0 amide bonds. The maximum Gasteiger partial charge on any atom is 2.00 e. The summed E-state index contributed by atoms with van der Waals surface area (Å²) in [5, 5.41) is 0. The van der Waals surface area contributed by atoms with Crippen molar-refractivity contribution >= 4 is 69.1 Å². The molecule has 0 aromatic heterocycles. The van der Waals surface area contributed by atoms with Crippen LogP contribution in [0.25, 0.3) is 0 Å². The Morgan fingerprint density at radius 2 is 0.464 bits per heavy atom. The van der Waals surface area contributed by atoms with Crippen LogP contribution in [0.5, 0.6) is 0 Å². The fourth-order valence-corrected chi connectivity index (χ4v) is 10.7. The van der Waals surface area contributed by atoms with Gasteiger partial charge in [-0.1, -0.05) is 308 Å². The van der Waals surface area contributed by atoms with Crippen LogP contribution in [0.1, 0.15) is 307 Å². The zero-order valence-electron chi connectivity index (χ0n) is 45.1. The Labute approximate surface area is 469 Å². The van der Waals surface area contributed by atoms with Gasteiger partial charge in [-0.05, 0) is 61.1 Å². The van der Waals surface area contributed by atoms with Crippen LogP contribution in [-0.4, -0.2) is 74.8 Å². The van der Waals surface area contributed by atoms with Crippen LogP contribution in [-0.2, 0) is 33.1 Å². The molecular weight excluding hydrogens is 1020 g/mol. The number of unbranched alkanes of at least 4 members (excludes halogenated alkanes) is 42. The summed E-state index contributed by atoms with van der Waals surface area (Å²) < 4.78 is 66.6. The molecule has 0 fully saturated rings. The monoisotopic (exact) mass is 1120 g/mol. The van der Waals surface area contributed by atoms with Gasteiger partial charge in [-0.15, -0.1) is 0 Å². The van der Waals surface area contributed by atoms with Crippen LogP contribution in [0.3, 0.4) is 0 Å². The fraction of sp³-hybridized carbons (Fsp3) is 0.800. The number of benzene rings is 2. The molecule has 2 rings (SSSR count). The van der Waals surface area contributed by atoms with Gasteiger partial charge in [-0.2, -0.15) is 0 Å². The number of hydrogen-bond donors (Lipinski definition) is 0. The summed E-state index contributed by atoms with van der Waals surface area (Å²) in [5.41, 5.74) is 1.90. The molecule has 0 saturated heterocycles. The molecule has 0 aliphatic rings. The van der Waals surface area contributed by atoms with Crippen molar-refractivity contribution in [2.75, 3.05) is 0 Å². The van der Waals surface area contributed by atoms with E-state index in [0.29, 0.717) is 0 Å². The molecule has 0 spiro atoms. The van der Waals surface area contributed by atoms with Gasteiger partial charge in [0.2, 0.25) is 0 Å². The van der Waals surface area contributed by atoms with Crippen LogP contribution in [0.15, 0.2) is 58.3 Å². The molecule has 2 aromatic rings. The summed E-state index contributed by atoms with van der Waals surface area (Å²) >= 11 is 0. The third-order valence-electron chi connectivity index (χ3n) is 14.0. The quantitative estimate of drug-likeness (QED) is 0.0370. The first-order chi connectivity index (χ1) is 33.1. The van der Waals surface area contributed by atoms with Crippen LogP contribution in [0.2, 0.25) is 0 Å². The second-order valence-electron chi connectivity index (χ2n) is 20.6. The summed E-state index contributed by atoms with van der Waals surface area (Å²) in [7, 11) is -8.68. The van der Waals surface area contributed by atoms with Crippen molar-refractivity contribution in [3.63, 3.8) is 0 Å². The Morgan fingerprint density at radius 1 is 0.290 bits per heavy atom. The molecule has 0 atom stereocenters. The van der Waals surface area contributed by atoms with E-state index in [1.807, 2.05) is 12.1 Å². The van der Waals surface area contributed by atoms with Gasteiger partial charge < -0.3 is 9.11 Å². The molecule has 0 aliphatic carbocycles. The molecule has 0 bridgehead atoms. The van der Waals surface area contributed by atoms with Crippen LogP contribution in [0, 0.1) is 0 Å².